The van der Waals surface area contributed by atoms with Crippen molar-refractivity contribution in [1.82, 2.24) is 0 Å². The van der Waals surface area contributed by atoms with E-state index in [1.165, 1.54) is 6.42 Å². The fourth-order valence-electron chi connectivity index (χ4n) is 5.41. The Balaban J connectivity index is 3.31. The summed E-state index contributed by atoms with van der Waals surface area (Å²) >= 11 is 0. The van der Waals surface area contributed by atoms with E-state index in [-0.39, 0.29) is 36.5 Å². The Kier molecular flexibility index (Phi) is 7.08. The highest BCUT2D eigenvalue weighted by Crippen LogP contribution is 2.69. The number of carbonyl (C=O) groups excluding carboxylic acids is 1. The van der Waals surface area contributed by atoms with Crippen molar-refractivity contribution in [2.24, 2.45) is 0 Å². The quantitative estimate of drug-likeness (QED) is 0.446. The van der Waals surface area contributed by atoms with E-state index in [1.807, 2.05) is 0 Å². The Labute approximate surface area is 161 Å². The van der Waals surface area contributed by atoms with Crippen molar-refractivity contribution in [1.29, 1.82) is 0 Å². The third-order valence-corrected chi connectivity index (χ3v) is 13.2. The second-order valence-electron chi connectivity index (χ2n) is 11.8. The molecular weight excluding hydrogens is 342 g/mol. The predicted octanol–water partition coefficient (Wildman–Crippen LogP) is 7.63. The second-order valence-corrected chi connectivity index (χ2v) is 19.9. The van der Waals surface area contributed by atoms with E-state index in [4.69, 9.17) is 0 Å². The van der Waals surface area contributed by atoms with Gasteiger partial charge in [-0.3, -0.25) is 4.79 Å². The van der Waals surface area contributed by atoms with Crippen LogP contribution in [0.2, 0.25) is 0 Å². The molecule has 1 rings (SSSR count). The van der Waals surface area contributed by atoms with E-state index in [9.17, 15) is 4.79 Å². The molecule has 0 aromatic carbocycles. The predicted molar refractivity (Wildman–Crippen MR) is 119 cm³/mol. The largest absolute Gasteiger partial charge is 0.298 e. The fourth-order valence-corrected chi connectivity index (χ4v) is 15.0. The molecule has 0 aliphatic heterocycles. The maximum absolute atomic E-state index is 13.8. The first-order valence-electron chi connectivity index (χ1n) is 10.0. The number of rotatable bonds is 2. The molecule has 1 saturated carbocycles. The summed E-state index contributed by atoms with van der Waals surface area (Å²) in [5, 5.41) is 0.897. The molecule has 0 aromatic rings. The summed E-state index contributed by atoms with van der Waals surface area (Å²) < 4.78 is 0. The van der Waals surface area contributed by atoms with Gasteiger partial charge in [-0.15, -0.1) is 0 Å². The molecule has 1 aliphatic carbocycles. The summed E-state index contributed by atoms with van der Waals surface area (Å²) in [6.07, 6.45) is 3.47. The maximum atomic E-state index is 13.8. The molecule has 0 radical (unpaired) electrons. The zero-order valence-electron chi connectivity index (χ0n) is 19.1. The van der Waals surface area contributed by atoms with Crippen molar-refractivity contribution in [3.8, 4) is 0 Å². The van der Waals surface area contributed by atoms with Crippen molar-refractivity contribution in [3.05, 3.63) is 0 Å². The van der Waals surface area contributed by atoms with Crippen LogP contribution < -0.4 is 0 Å². The van der Waals surface area contributed by atoms with Gasteiger partial charge in [0.2, 0.25) is 0 Å². The number of hydrogen-bond donors (Lipinski definition) is 0. The highest BCUT2D eigenvalue weighted by molar-refractivity contribution is 7.64. The lowest BCUT2D eigenvalue weighted by Crippen LogP contribution is -2.45. The number of Topliss-reactive ketones (excluding diaryl/α,β-unsaturated/α-hetero) is 1. The van der Waals surface area contributed by atoms with Crippen LogP contribution in [0.5, 0.6) is 0 Å². The molecule has 1 nitrogen and oxygen atoms in total. The minimum Gasteiger partial charge on any atom is -0.298 e. The Morgan fingerprint density at radius 1 is 0.600 bits per heavy atom. The van der Waals surface area contributed by atoms with Crippen LogP contribution in [-0.4, -0.2) is 37.7 Å². The SMILES string of the molecule is CC(C)(C)P(C1CCCC(P(C(C)(C)C)C(C)(C)C)C1=O)C(C)(C)C. The Hall–Kier alpha value is 0.530. The lowest BCUT2D eigenvalue weighted by molar-refractivity contribution is -0.119. The van der Waals surface area contributed by atoms with Crippen molar-refractivity contribution < 1.29 is 4.79 Å². The number of carbonyl (C=O) groups is 1. The fraction of sp³-hybridized carbons (Fsp3) is 0.955. The van der Waals surface area contributed by atoms with E-state index >= 15 is 0 Å². The van der Waals surface area contributed by atoms with Crippen molar-refractivity contribution in [2.45, 2.75) is 134 Å². The first kappa shape index (κ1) is 23.6. The first-order valence-corrected chi connectivity index (χ1v) is 12.8. The molecular formula is C22H44OP2. The highest BCUT2D eigenvalue weighted by atomic mass is 31.1. The van der Waals surface area contributed by atoms with Gasteiger partial charge in [-0.1, -0.05) is 105 Å². The van der Waals surface area contributed by atoms with E-state index < -0.39 is 0 Å². The molecule has 25 heavy (non-hydrogen) atoms. The molecule has 1 fully saturated rings. The Bertz CT molecular complexity index is 398. The number of ketones is 1. The maximum Gasteiger partial charge on any atom is 0.147 e. The van der Waals surface area contributed by atoms with Crippen LogP contribution in [0.4, 0.5) is 0 Å². The van der Waals surface area contributed by atoms with Gasteiger partial charge in [-0.25, -0.2) is 0 Å². The number of hydrogen-bond acceptors (Lipinski definition) is 1. The monoisotopic (exact) mass is 386 g/mol. The highest BCUT2D eigenvalue weighted by Gasteiger charge is 2.50. The van der Waals surface area contributed by atoms with Gasteiger partial charge in [0.05, 0.1) is 0 Å². The lowest BCUT2D eigenvalue weighted by atomic mass is 9.98. The standard InChI is InChI=1S/C22H44OP2/c1-19(2,3)24(20(4,5)6)16-14-13-15-17(18(16)23)25(21(7,8)9)22(10,11)12/h16-17H,13-15H2,1-12H3. The average Bonchev–Trinajstić information content (AvgIpc) is 2.26. The molecule has 0 bridgehead atoms. The zero-order valence-corrected chi connectivity index (χ0v) is 20.9. The average molecular weight is 387 g/mol. The van der Waals surface area contributed by atoms with Crippen LogP contribution in [-0.2, 0) is 4.79 Å². The molecule has 0 saturated heterocycles. The van der Waals surface area contributed by atoms with E-state index in [0.29, 0.717) is 17.1 Å². The van der Waals surface area contributed by atoms with Crippen molar-refractivity contribution in [2.75, 3.05) is 0 Å². The minimum absolute atomic E-state index is 0.224. The van der Waals surface area contributed by atoms with Crippen LogP contribution in [0.25, 0.3) is 0 Å². The van der Waals surface area contributed by atoms with Crippen molar-refractivity contribution >= 4 is 21.6 Å². The molecule has 3 heteroatoms. The van der Waals surface area contributed by atoms with Gasteiger partial charge in [-0.2, -0.15) is 0 Å². The second kappa shape index (κ2) is 7.51. The molecule has 0 N–H and O–H groups in total. The van der Waals surface area contributed by atoms with Gasteiger partial charge in [0.25, 0.3) is 0 Å². The van der Waals surface area contributed by atoms with Crippen LogP contribution in [0, 0.1) is 0 Å². The first-order chi connectivity index (χ1) is 10.9. The van der Waals surface area contributed by atoms with E-state index in [1.54, 1.807) is 0 Å². The molecule has 1 aliphatic rings. The van der Waals surface area contributed by atoms with Gasteiger partial charge in [-0.05, 0) is 33.5 Å². The van der Waals surface area contributed by atoms with Crippen LogP contribution in [0.15, 0.2) is 0 Å². The van der Waals surface area contributed by atoms with Crippen molar-refractivity contribution in [3.63, 3.8) is 0 Å². The van der Waals surface area contributed by atoms with Gasteiger partial charge in [0, 0.05) is 11.3 Å². The Morgan fingerprint density at radius 2 is 0.840 bits per heavy atom. The van der Waals surface area contributed by atoms with Crippen LogP contribution in [0.1, 0.15) is 102 Å². The van der Waals surface area contributed by atoms with Gasteiger partial charge >= 0.3 is 0 Å². The lowest BCUT2D eigenvalue weighted by Gasteiger charge is -2.52. The minimum atomic E-state index is -0.363. The van der Waals surface area contributed by atoms with Gasteiger partial charge in [0.1, 0.15) is 5.78 Å². The third kappa shape index (κ3) is 5.75. The Morgan fingerprint density at radius 3 is 1.04 bits per heavy atom. The summed E-state index contributed by atoms with van der Waals surface area (Å²) in [6.45, 7) is 28.3. The molecule has 0 aromatic heterocycles. The summed E-state index contributed by atoms with van der Waals surface area (Å²) in [4.78, 5) is 13.8. The third-order valence-electron chi connectivity index (χ3n) is 5.13. The summed E-state index contributed by atoms with van der Waals surface area (Å²) in [6, 6.07) is 0. The molecule has 2 unspecified atom stereocenters. The van der Waals surface area contributed by atoms with E-state index in [0.717, 1.165) is 12.8 Å². The zero-order chi connectivity index (χ0) is 20.0. The molecule has 0 spiro atoms. The summed E-state index contributed by atoms with van der Waals surface area (Å²) in [5.41, 5.74) is 0.590. The molecule has 148 valence electrons. The summed E-state index contributed by atoms with van der Waals surface area (Å²) in [7, 11) is -0.725. The van der Waals surface area contributed by atoms with Gasteiger partial charge in [0.15, 0.2) is 0 Å². The molecule has 2 atom stereocenters. The van der Waals surface area contributed by atoms with Crippen LogP contribution >= 0.6 is 15.8 Å². The van der Waals surface area contributed by atoms with E-state index in [2.05, 4.69) is 83.1 Å². The molecule has 0 heterocycles. The topological polar surface area (TPSA) is 17.1 Å². The van der Waals surface area contributed by atoms with Gasteiger partial charge < -0.3 is 0 Å². The smallest absolute Gasteiger partial charge is 0.147 e. The van der Waals surface area contributed by atoms with Crippen LogP contribution in [0.3, 0.4) is 0 Å². The summed E-state index contributed by atoms with van der Waals surface area (Å²) in [5.74, 6) is 0.623. The molecule has 0 amide bonds. The normalized spacial score (nSPS) is 24.3.